The van der Waals surface area contributed by atoms with E-state index in [1.165, 1.54) is 0 Å². The predicted octanol–water partition coefficient (Wildman–Crippen LogP) is 2.58. The summed E-state index contributed by atoms with van der Waals surface area (Å²) in [6.07, 6.45) is 4.42. The van der Waals surface area contributed by atoms with Crippen molar-refractivity contribution in [3.63, 3.8) is 0 Å². The van der Waals surface area contributed by atoms with Crippen LogP contribution in [0.3, 0.4) is 0 Å². The van der Waals surface area contributed by atoms with Crippen molar-refractivity contribution in [2.75, 3.05) is 31.3 Å². The molecule has 0 aliphatic rings. The van der Waals surface area contributed by atoms with Gasteiger partial charge >= 0.3 is 0 Å². The Morgan fingerprint density at radius 2 is 1.62 bits per heavy atom. The van der Waals surface area contributed by atoms with Crippen molar-refractivity contribution in [1.29, 1.82) is 0 Å². The fourth-order valence-electron chi connectivity index (χ4n) is 2.48. The Morgan fingerprint density at radius 1 is 1.04 bits per heavy atom. The number of hydrogen-bond acceptors (Lipinski definition) is 3. The van der Waals surface area contributed by atoms with Crippen LogP contribution in [-0.4, -0.2) is 41.9 Å². The molecule has 0 aliphatic heterocycles. The molecule has 0 fully saturated rings. The van der Waals surface area contributed by atoms with Crippen LogP contribution >= 0.6 is 0 Å². The number of hydrogen-bond donors (Lipinski definition) is 2. The highest BCUT2D eigenvalue weighted by Crippen LogP contribution is 2.23. The number of rotatable bonds is 7. The number of carbonyl (C=O) groups is 2. The van der Waals surface area contributed by atoms with Crippen LogP contribution in [0.25, 0.3) is 0 Å². The third-order valence-electron chi connectivity index (χ3n) is 3.60. The minimum atomic E-state index is -0.287. The first kappa shape index (κ1) is 17.7. The molecule has 0 radical (unpaired) electrons. The fraction of sp³-hybridized carbons (Fsp3) is 0.333. The molecule has 1 unspecified atom stereocenters. The summed E-state index contributed by atoms with van der Waals surface area (Å²) in [5, 5.41) is 5.76. The second-order valence-corrected chi connectivity index (χ2v) is 5.88. The topological polar surface area (TPSA) is 66.4 Å². The molecule has 2 rings (SSSR count). The number of anilines is 2. The smallest absolute Gasteiger partial charge is 0.247 e. The first-order valence-corrected chi connectivity index (χ1v) is 7.98. The molecule has 0 aliphatic carbocycles. The summed E-state index contributed by atoms with van der Waals surface area (Å²) in [7, 11) is 3.66. The molecule has 24 heavy (non-hydrogen) atoms. The molecule has 6 heteroatoms. The summed E-state index contributed by atoms with van der Waals surface area (Å²) in [5.74, 6) is -0.234. The summed E-state index contributed by atoms with van der Waals surface area (Å²) in [6.45, 7) is 2.25. The highest BCUT2D eigenvalue weighted by Gasteiger charge is 2.19. The monoisotopic (exact) mass is 328 g/mol. The van der Waals surface area contributed by atoms with Gasteiger partial charge in [-0.1, -0.05) is 19.1 Å². The molecule has 2 N–H and O–H groups in total. The first-order chi connectivity index (χ1) is 11.5. The lowest BCUT2D eigenvalue weighted by Gasteiger charge is -2.19. The zero-order valence-electron chi connectivity index (χ0n) is 14.3. The number of likely N-dealkylation sites (N-methyl/N-ethyl adjacent to an activating group) is 1. The molecule has 1 heterocycles. The summed E-state index contributed by atoms with van der Waals surface area (Å²) >= 11 is 0. The van der Waals surface area contributed by atoms with Crippen LogP contribution in [0.15, 0.2) is 48.8 Å². The Bertz CT molecular complexity index is 680. The van der Waals surface area contributed by atoms with E-state index in [1.54, 1.807) is 17.0 Å². The van der Waals surface area contributed by atoms with E-state index in [-0.39, 0.29) is 24.4 Å². The van der Waals surface area contributed by atoms with Crippen molar-refractivity contribution < 1.29 is 9.59 Å². The van der Waals surface area contributed by atoms with Crippen LogP contribution in [0.1, 0.15) is 19.4 Å². The summed E-state index contributed by atoms with van der Waals surface area (Å²) < 4.78 is 1.88. The molecular weight excluding hydrogens is 304 g/mol. The van der Waals surface area contributed by atoms with Crippen molar-refractivity contribution in [3.8, 4) is 0 Å². The summed E-state index contributed by atoms with van der Waals surface area (Å²) in [4.78, 5) is 26.4. The Kier molecular flexibility index (Phi) is 6.14. The van der Waals surface area contributed by atoms with Gasteiger partial charge in [-0.3, -0.25) is 9.59 Å². The third-order valence-corrected chi connectivity index (χ3v) is 3.60. The molecule has 0 saturated heterocycles. The van der Waals surface area contributed by atoms with Gasteiger partial charge in [0, 0.05) is 12.4 Å². The molecule has 0 bridgehead atoms. The van der Waals surface area contributed by atoms with Crippen molar-refractivity contribution in [2.24, 2.45) is 0 Å². The lowest BCUT2D eigenvalue weighted by Crippen LogP contribution is -2.28. The standard InChI is InChI=1S/C18H24N4O2/c1-4-16(22-11-7-8-12-22)18(24)20-15-10-6-5-9-14(15)19-17(23)13-21(2)3/h5-12,16H,4,13H2,1-3H3,(H,19,23)(H,20,24). The van der Waals surface area contributed by atoms with E-state index >= 15 is 0 Å². The van der Waals surface area contributed by atoms with Gasteiger partial charge < -0.3 is 20.1 Å². The van der Waals surface area contributed by atoms with Crippen LogP contribution in [0.4, 0.5) is 11.4 Å². The van der Waals surface area contributed by atoms with Gasteiger partial charge in [-0.25, -0.2) is 0 Å². The van der Waals surface area contributed by atoms with Crippen LogP contribution in [-0.2, 0) is 9.59 Å². The van der Waals surface area contributed by atoms with E-state index < -0.39 is 0 Å². The molecule has 1 aromatic carbocycles. The highest BCUT2D eigenvalue weighted by atomic mass is 16.2. The summed E-state index contributed by atoms with van der Waals surface area (Å²) in [6, 6.07) is 10.7. The SMILES string of the molecule is CCC(C(=O)Nc1ccccc1NC(=O)CN(C)C)n1cccc1. The highest BCUT2D eigenvalue weighted by molar-refractivity contribution is 6.01. The number of aromatic nitrogens is 1. The molecular formula is C18H24N4O2. The van der Waals surface area contributed by atoms with E-state index in [1.807, 2.05) is 62.2 Å². The van der Waals surface area contributed by atoms with Gasteiger partial charge in [0.15, 0.2) is 0 Å². The molecule has 128 valence electrons. The third kappa shape index (κ3) is 4.70. The normalized spacial score (nSPS) is 12.0. The van der Waals surface area contributed by atoms with E-state index in [9.17, 15) is 9.59 Å². The van der Waals surface area contributed by atoms with Gasteiger partial charge in [-0.05, 0) is 44.8 Å². The molecule has 1 aromatic heterocycles. The number of carbonyl (C=O) groups excluding carboxylic acids is 2. The van der Waals surface area contributed by atoms with Crippen LogP contribution in [0, 0.1) is 0 Å². The minimum Gasteiger partial charge on any atom is -0.342 e. The lowest BCUT2D eigenvalue weighted by atomic mass is 10.2. The van der Waals surface area contributed by atoms with Gasteiger partial charge in [0.1, 0.15) is 6.04 Å². The van der Waals surface area contributed by atoms with E-state index in [0.717, 1.165) is 0 Å². The fourth-order valence-corrected chi connectivity index (χ4v) is 2.48. The van der Waals surface area contributed by atoms with Crippen molar-refractivity contribution in [3.05, 3.63) is 48.8 Å². The zero-order valence-corrected chi connectivity index (χ0v) is 14.3. The second kappa shape index (κ2) is 8.31. The zero-order chi connectivity index (χ0) is 17.5. The molecule has 2 aromatic rings. The van der Waals surface area contributed by atoms with Crippen molar-refractivity contribution in [1.82, 2.24) is 9.47 Å². The number of benzene rings is 1. The molecule has 0 saturated carbocycles. The van der Waals surface area contributed by atoms with Gasteiger partial charge in [0.25, 0.3) is 0 Å². The second-order valence-electron chi connectivity index (χ2n) is 5.88. The average Bonchev–Trinajstić information content (AvgIpc) is 3.03. The summed E-state index contributed by atoms with van der Waals surface area (Å²) in [5.41, 5.74) is 1.19. The first-order valence-electron chi connectivity index (χ1n) is 7.98. The molecule has 2 amide bonds. The number of nitrogens with zero attached hydrogens (tertiary/aromatic N) is 2. The Labute approximate surface area is 142 Å². The van der Waals surface area contributed by atoms with E-state index in [4.69, 9.17) is 0 Å². The molecule has 0 spiro atoms. The minimum absolute atomic E-state index is 0.108. The predicted molar refractivity (Wildman–Crippen MR) is 96.0 cm³/mol. The Morgan fingerprint density at radius 3 is 2.17 bits per heavy atom. The molecule has 6 nitrogen and oxygen atoms in total. The van der Waals surface area contributed by atoms with Gasteiger partial charge in [-0.15, -0.1) is 0 Å². The Hall–Kier alpha value is -2.60. The van der Waals surface area contributed by atoms with Crippen LogP contribution < -0.4 is 10.6 Å². The maximum absolute atomic E-state index is 12.6. The largest absolute Gasteiger partial charge is 0.342 e. The van der Waals surface area contributed by atoms with Crippen molar-refractivity contribution >= 4 is 23.2 Å². The quantitative estimate of drug-likeness (QED) is 0.821. The van der Waals surface area contributed by atoms with Gasteiger partial charge in [0.05, 0.1) is 17.9 Å². The Balaban J connectivity index is 2.12. The van der Waals surface area contributed by atoms with Crippen LogP contribution in [0.5, 0.6) is 0 Å². The van der Waals surface area contributed by atoms with E-state index in [0.29, 0.717) is 17.8 Å². The van der Waals surface area contributed by atoms with Crippen LogP contribution in [0.2, 0.25) is 0 Å². The number of amides is 2. The van der Waals surface area contributed by atoms with Gasteiger partial charge in [0.2, 0.25) is 11.8 Å². The molecule has 1 atom stereocenters. The maximum atomic E-state index is 12.6. The lowest BCUT2D eigenvalue weighted by molar-refractivity contribution is -0.119. The van der Waals surface area contributed by atoms with E-state index in [2.05, 4.69) is 10.6 Å². The number of nitrogens with one attached hydrogen (secondary N) is 2. The number of para-hydroxylation sites is 2. The van der Waals surface area contributed by atoms with Crippen molar-refractivity contribution in [2.45, 2.75) is 19.4 Å². The van der Waals surface area contributed by atoms with Gasteiger partial charge in [-0.2, -0.15) is 0 Å². The average molecular weight is 328 g/mol. The maximum Gasteiger partial charge on any atom is 0.247 e.